The van der Waals surface area contributed by atoms with Gasteiger partial charge in [-0.15, -0.1) is 24.0 Å². The van der Waals surface area contributed by atoms with Gasteiger partial charge in [-0.2, -0.15) is 9.97 Å². The minimum atomic E-state index is -0.293. The van der Waals surface area contributed by atoms with Gasteiger partial charge in [-0.3, -0.25) is 38.1 Å². The fraction of sp³-hybridized carbons (Fsp3) is 0.385. The van der Waals surface area contributed by atoms with E-state index in [9.17, 15) is 19.2 Å². The van der Waals surface area contributed by atoms with Gasteiger partial charge in [-0.25, -0.2) is 9.97 Å². The maximum absolute atomic E-state index is 13.9. The first-order chi connectivity index (χ1) is 35.8. The molecule has 8 rings (SSSR count). The highest BCUT2D eigenvalue weighted by Gasteiger charge is 2.25. The molecule has 0 spiro atoms. The monoisotopic (exact) mass is 1180 g/mol. The van der Waals surface area contributed by atoms with Crippen molar-refractivity contribution in [1.82, 2.24) is 48.7 Å². The zero-order chi connectivity index (χ0) is 53.1. The second kappa shape index (κ2) is 26.8. The van der Waals surface area contributed by atoms with Crippen LogP contribution in [0, 0.1) is 0 Å². The van der Waals surface area contributed by atoms with Crippen molar-refractivity contribution < 1.29 is 28.5 Å². The number of methoxy groups -OCH3 is 4. The normalized spacial score (nSPS) is 13.8. The summed E-state index contributed by atoms with van der Waals surface area (Å²) in [5.74, 6) is 2.66. The summed E-state index contributed by atoms with van der Waals surface area (Å²) in [4.78, 5) is 77.4. The van der Waals surface area contributed by atoms with Gasteiger partial charge in [0.25, 0.3) is 11.1 Å². The summed E-state index contributed by atoms with van der Waals surface area (Å²) in [7, 11) is 9.59. The molecule has 4 aromatic heterocycles. The van der Waals surface area contributed by atoms with Crippen molar-refractivity contribution in [2.45, 2.75) is 25.9 Å². The lowest BCUT2D eigenvalue weighted by molar-refractivity contribution is -0.128. The molecule has 0 saturated carbocycles. The van der Waals surface area contributed by atoms with Crippen LogP contribution in [-0.4, -0.2) is 168 Å². The van der Waals surface area contributed by atoms with Gasteiger partial charge >= 0.3 is 0 Å². The number of amides is 2. The van der Waals surface area contributed by atoms with Crippen LogP contribution < -0.4 is 40.7 Å². The number of fused-ring (bicyclic) bond motifs is 2. The average Bonchev–Trinajstić information content (AvgIpc) is 3.44. The minimum absolute atomic E-state index is 0. The van der Waals surface area contributed by atoms with Gasteiger partial charge in [0.05, 0.1) is 44.0 Å². The van der Waals surface area contributed by atoms with Gasteiger partial charge in [0, 0.05) is 126 Å². The molecular formula is C52H63Cl2IN12O8. The molecule has 2 amide bonds. The van der Waals surface area contributed by atoms with Crippen molar-refractivity contribution in [2.24, 2.45) is 0 Å². The first-order valence-electron chi connectivity index (χ1n) is 24.1. The van der Waals surface area contributed by atoms with Crippen molar-refractivity contribution in [3.63, 3.8) is 0 Å². The molecule has 0 atom stereocenters. The molecule has 2 aromatic carbocycles. The van der Waals surface area contributed by atoms with Gasteiger partial charge in [0.15, 0.2) is 0 Å². The lowest BCUT2D eigenvalue weighted by Gasteiger charge is -2.34. The highest BCUT2D eigenvalue weighted by atomic mass is 127. The number of anilines is 2. The van der Waals surface area contributed by atoms with Gasteiger partial charge in [-0.1, -0.05) is 36.4 Å². The SMILES string of the molecule is C=CC(=O)N1CCN(CCCn2c(=O)c(-c3c(Cl)c(OC)cc(OC)c3Cl)cc3cnc(NC)nc32)CC1.C=CC(=O)N1CCN(CCCn2c(=O)c(-c3cc(OC)cc(OC)c3)cc3cnc(NC)nc32)CC1.I. The van der Waals surface area contributed by atoms with Crippen LogP contribution in [0.15, 0.2) is 83.7 Å². The molecule has 2 fully saturated rings. The first kappa shape index (κ1) is 57.7. The fourth-order valence-corrected chi connectivity index (χ4v) is 9.70. The number of benzene rings is 2. The zero-order valence-corrected chi connectivity index (χ0v) is 46.8. The molecule has 23 heteroatoms. The quantitative estimate of drug-likeness (QED) is 0.0706. The van der Waals surface area contributed by atoms with E-state index < -0.39 is 0 Å². The molecule has 0 bridgehead atoms. The van der Waals surface area contributed by atoms with E-state index in [1.165, 1.54) is 26.4 Å². The fourth-order valence-electron chi connectivity index (χ4n) is 8.99. The van der Waals surface area contributed by atoms with Gasteiger partial charge in [0.2, 0.25) is 23.7 Å². The molecule has 6 heterocycles. The standard InChI is InChI=1S/C26H30Cl2N6O4.C26H32N6O4.HI/c1-5-20(35)33-11-9-32(10-12-33)7-6-8-34-24-16(15-30-26(29-2)31-24)13-17(25(34)36)21-22(27)18(37-3)14-19(38-4)23(21)28;1-5-23(33)31-11-9-30(10-12-31)7-6-8-32-24-19(17-28-26(27-2)29-24)15-22(25(32)34)18-13-20(35-3)16-21(14-18)36-4;/h5,13-15H,1,6-12H2,2-4H3,(H,29,30,31);5,13-17H,1,6-12H2,2-4H3,(H,27,28,29);1H. The Morgan fingerprint density at radius 2 is 1.01 bits per heavy atom. The Hall–Kier alpha value is -6.53. The number of piperazine rings is 2. The second-order valence-corrected chi connectivity index (χ2v) is 18.1. The molecule has 0 radical (unpaired) electrons. The number of carbonyl (C=O) groups excluding carboxylic acids is 2. The molecule has 2 aliphatic rings. The topological polar surface area (TPSA) is 204 Å². The van der Waals surface area contributed by atoms with Crippen LogP contribution in [-0.2, 0) is 22.7 Å². The number of nitrogens with zero attached hydrogens (tertiary/aromatic N) is 10. The molecule has 2 N–H and O–H groups in total. The van der Waals surface area contributed by atoms with Crippen LogP contribution in [0.4, 0.5) is 11.9 Å². The maximum atomic E-state index is 13.9. The Labute approximate surface area is 462 Å². The van der Waals surface area contributed by atoms with Crippen LogP contribution in [0.1, 0.15) is 12.8 Å². The van der Waals surface area contributed by atoms with E-state index in [1.807, 2.05) is 23.1 Å². The summed E-state index contributed by atoms with van der Waals surface area (Å²) in [6.45, 7) is 15.4. The number of aromatic nitrogens is 6. The average molecular weight is 1180 g/mol. The summed E-state index contributed by atoms with van der Waals surface area (Å²) in [6, 6.07) is 10.5. The molecule has 0 unspecified atom stereocenters. The second-order valence-electron chi connectivity index (χ2n) is 17.3. The zero-order valence-electron chi connectivity index (χ0n) is 43.0. The molecule has 6 aromatic rings. The lowest BCUT2D eigenvalue weighted by Crippen LogP contribution is -2.48. The third-order valence-corrected chi connectivity index (χ3v) is 13.8. The number of carbonyl (C=O) groups is 2. The number of halogens is 3. The molecule has 2 aliphatic heterocycles. The number of hydrogen-bond acceptors (Lipinski definition) is 16. The molecule has 2 saturated heterocycles. The number of ether oxygens (including phenoxy) is 4. The number of hydrogen-bond donors (Lipinski definition) is 2. The van der Waals surface area contributed by atoms with Gasteiger partial charge in [0.1, 0.15) is 34.3 Å². The Morgan fingerprint density at radius 1 is 0.600 bits per heavy atom. The van der Waals surface area contributed by atoms with E-state index in [1.54, 1.807) is 72.9 Å². The largest absolute Gasteiger partial charge is 0.497 e. The summed E-state index contributed by atoms with van der Waals surface area (Å²) >= 11 is 13.3. The van der Waals surface area contributed by atoms with E-state index in [0.29, 0.717) is 120 Å². The van der Waals surface area contributed by atoms with Crippen molar-refractivity contribution in [3.8, 4) is 45.3 Å². The summed E-state index contributed by atoms with van der Waals surface area (Å²) in [5, 5.41) is 7.72. The Balaban J connectivity index is 0.000000241. The van der Waals surface area contributed by atoms with Crippen molar-refractivity contribution in [2.75, 3.05) is 119 Å². The van der Waals surface area contributed by atoms with Gasteiger partial charge in [-0.05, 0) is 67.9 Å². The minimum Gasteiger partial charge on any atom is -0.497 e. The number of nitrogens with one attached hydrogen (secondary N) is 2. The third-order valence-electron chi connectivity index (χ3n) is 13.0. The predicted molar refractivity (Wildman–Crippen MR) is 305 cm³/mol. The van der Waals surface area contributed by atoms with Crippen LogP contribution >= 0.6 is 47.2 Å². The molecule has 75 heavy (non-hydrogen) atoms. The molecule has 0 aliphatic carbocycles. The molecule has 400 valence electrons. The number of aryl methyl sites for hydroxylation is 2. The van der Waals surface area contributed by atoms with Crippen molar-refractivity contribution in [1.29, 1.82) is 0 Å². The van der Waals surface area contributed by atoms with Crippen LogP contribution in [0.5, 0.6) is 23.0 Å². The van der Waals surface area contributed by atoms with Crippen molar-refractivity contribution >= 4 is 93.0 Å². The highest BCUT2D eigenvalue weighted by Crippen LogP contribution is 2.45. The van der Waals surface area contributed by atoms with E-state index >= 15 is 0 Å². The predicted octanol–water partition coefficient (Wildman–Crippen LogP) is 6.40. The lowest BCUT2D eigenvalue weighted by atomic mass is 10.0. The Bertz CT molecular complexity index is 3110. The third kappa shape index (κ3) is 13.3. The molecule has 20 nitrogen and oxygen atoms in total. The Morgan fingerprint density at radius 3 is 1.40 bits per heavy atom. The van der Waals surface area contributed by atoms with Crippen LogP contribution in [0.25, 0.3) is 44.3 Å². The first-order valence-corrected chi connectivity index (χ1v) is 24.8. The summed E-state index contributed by atoms with van der Waals surface area (Å²) in [6.07, 6.45) is 7.53. The van der Waals surface area contributed by atoms with Crippen molar-refractivity contribution in [3.05, 3.63) is 105 Å². The van der Waals surface area contributed by atoms with Crippen LogP contribution in [0.3, 0.4) is 0 Å². The number of rotatable bonds is 18. The smallest absolute Gasteiger partial charge is 0.260 e. The molecular weight excluding hydrogens is 1120 g/mol. The van der Waals surface area contributed by atoms with E-state index in [2.05, 4.69) is 53.5 Å². The highest BCUT2D eigenvalue weighted by molar-refractivity contribution is 14.0. The summed E-state index contributed by atoms with van der Waals surface area (Å²) in [5.41, 5.74) is 2.50. The van der Waals surface area contributed by atoms with E-state index in [4.69, 9.17) is 42.1 Å². The Kier molecular flexibility index (Phi) is 20.6. The summed E-state index contributed by atoms with van der Waals surface area (Å²) < 4.78 is 25.0. The van der Waals surface area contributed by atoms with E-state index in [-0.39, 0.29) is 57.0 Å². The number of pyridine rings is 2. The van der Waals surface area contributed by atoms with Gasteiger partial charge < -0.3 is 39.4 Å². The van der Waals surface area contributed by atoms with Crippen LogP contribution in [0.2, 0.25) is 10.0 Å². The maximum Gasteiger partial charge on any atom is 0.260 e. The van der Waals surface area contributed by atoms with E-state index in [0.717, 1.165) is 51.1 Å².